The fourth-order valence-corrected chi connectivity index (χ4v) is 1.44. The van der Waals surface area contributed by atoms with Gasteiger partial charge in [0, 0.05) is 12.3 Å². The first-order valence-corrected chi connectivity index (χ1v) is 5.12. The third-order valence-electron chi connectivity index (χ3n) is 2.27. The Kier molecular flexibility index (Phi) is 3.47. The van der Waals surface area contributed by atoms with Crippen molar-refractivity contribution in [3.05, 3.63) is 64.2 Å². The van der Waals surface area contributed by atoms with Gasteiger partial charge in [0.25, 0.3) is 5.69 Å². The average Bonchev–Trinajstić information content (AvgIpc) is 2.37. The number of rotatable bonds is 4. The maximum Gasteiger partial charge on any atom is 0.276 e. The fourth-order valence-electron chi connectivity index (χ4n) is 1.44. The van der Waals surface area contributed by atoms with E-state index in [-0.39, 0.29) is 17.9 Å². The molecule has 0 aliphatic heterocycles. The zero-order chi connectivity index (χ0) is 13.0. The molecule has 2 rings (SSSR count). The number of aromatic nitrogens is 1. The van der Waals surface area contributed by atoms with Gasteiger partial charge < -0.3 is 4.74 Å². The minimum absolute atomic E-state index is 0.0836. The Morgan fingerprint density at radius 1 is 1.39 bits per heavy atom. The third kappa shape index (κ3) is 2.79. The second kappa shape index (κ2) is 5.22. The van der Waals surface area contributed by atoms with E-state index in [1.807, 2.05) is 0 Å². The summed E-state index contributed by atoms with van der Waals surface area (Å²) in [5.41, 5.74) is 0.0177. The number of hydrogen-bond donors (Lipinski definition) is 0. The van der Waals surface area contributed by atoms with Crippen LogP contribution in [0.5, 0.6) is 5.75 Å². The molecule has 1 aromatic heterocycles. The van der Waals surface area contributed by atoms with Crippen molar-refractivity contribution < 1.29 is 14.1 Å². The number of benzene rings is 1. The summed E-state index contributed by atoms with van der Waals surface area (Å²) >= 11 is 0. The minimum atomic E-state index is -0.568. The van der Waals surface area contributed by atoms with Crippen molar-refractivity contribution in [3.8, 4) is 5.75 Å². The molecule has 92 valence electrons. The first-order valence-electron chi connectivity index (χ1n) is 5.12. The van der Waals surface area contributed by atoms with E-state index in [4.69, 9.17) is 4.74 Å². The van der Waals surface area contributed by atoms with E-state index in [2.05, 4.69) is 4.98 Å². The van der Waals surface area contributed by atoms with Gasteiger partial charge >= 0.3 is 0 Å². The molecule has 0 atom stereocenters. The molecule has 0 fully saturated rings. The van der Waals surface area contributed by atoms with Gasteiger partial charge in [-0.05, 0) is 24.3 Å². The third-order valence-corrected chi connectivity index (χ3v) is 2.27. The molecule has 0 saturated carbocycles. The van der Waals surface area contributed by atoms with Gasteiger partial charge in [0.05, 0.1) is 16.7 Å². The van der Waals surface area contributed by atoms with E-state index < -0.39 is 10.7 Å². The fraction of sp³-hybridized carbons (Fsp3) is 0.0833. The molecule has 6 heteroatoms. The summed E-state index contributed by atoms with van der Waals surface area (Å²) in [5.74, 6) is -0.0681. The highest BCUT2D eigenvalue weighted by molar-refractivity contribution is 5.40. The van der Waals surface area contributed by atoms with E-state index in [0.29, 0.717) is 5.75 Å². The number of halogens is 1. The van der Waals surface area contributed by atoms with Gasteiger partial charge in [0.2, 0.25) is 0 Å². The molecule has 0 aliphatic carbocycles. The van der Waals surface area contributed by atoms with Gasteiger partial charge in [-0.25, -0.2) is 4.39 Å². The van der Waals surface area contributed by atoms with Crippen LogP contribution < -0.4 is 4.74 Å². The number of ether oxygens (including phenoxy) is 1. The topological polar surface area (TPSA) is 65.3 Å². The van der Waals surface area contributed by atoms with Crippen molar-refractivity contribution in [2.45, 2.75) is 6.61 Å². The Morgan fingerprint density at radius 3 is 2.89 bits per heavy atom. The number of nitro benzene ring substituents is 1. The standard InChI is InChI=1S/C12H9FN2O3/c13-10-3-4-12(15(16)17)9(6-10)8-18-11-2-1-5-14-7-11/h1-7H,8H2. The predicted octanol–water partition coefficient (Wildman–Crippen LogP) is 2.71. The van der Waals surface area contributed by atoms with Crippen LogP contribution in [0.4, 0.5) is 10.1 Å². The molecule has 1 heterocycles. The summed E-state index contributed by atoms with van der Waals surface area (Å²) in [4.78, 5) is 14.0. The molecule has 0 amide bonds. The molecular formula is C12H9FN2O3. The quantitative estimate of drug-likeness (QED) is 0.616. The molecule has 0 bridgehead atoms. The highest BCUT2D eigenvalue weighted by Gasteiger charge is 2.14. The Hall–Kier alpha value is -2.50. The van der Waals surface area contributed by atoms with E-state index >= 15 is 0 Å². The van der Waals surface area contributed by atoms with Gasteiger partial charge in [-0.15, -0.1) is 0 Å². The lowest BCUT2D eigenvalue weighted by Gasteiger charge is -2.06. The van der Waals surface area contributed by atoms with Crippen LogP contribution in [0.3, 0.4) is 0 Å². The zero-order valence-electron chi connectivity index (χ0n) is 9.25. The van der Waals surface area contributed by atoms with Crippen LogP contribution in [0, 0.1) is 15.9 Å². The van der Waals surface area contributed by atoms with Gasteiger partial charge in [-0.2, -0.15) is 0 Å². The van der Waals surface area contributed by atoms with Crippen molar-refractivity contribution in [2.75, 3.05) is 0 Å². The van der Waals surface area contributed by atoms with E-state index in [1.165, 1.54) is 6.20 Å². The monoisotopic (exact) mass is 248 g/mol. The van der Waals surface area contributed by atoms with Crippen LogP contribution in [0.2, 0.25) is 0 Å². The smallest absolute Gasteiger partial charge is 0.276 e. The van der Waals surface area contributed by atoms with Crippen molar-refractivity contribution >= 4 is 5.69 Å². The Labute approximate surface area is 102 Å². The van der Waals surface area contributed by atoms with Crippen LogP contribution in [0.25, 0.3) is 0 Å². The lowest BCUT2D eigenvalue weighted by atomic mass is 10.2. The first-order chi connectivity index (χ1) is 8.66. The van der Waals surface area contributed by atoms with Gasteiger partial charge in [-0.1, -0.05) is 0 Å². The zero-order valence-corrected chi connectivity index (χ0v) is 9.25. The molecule has 0 N–H and O–H groups in total. The van der Waals surface area contributed by atoms with Gasteiger partial charge in [0.1, 0.15) is 18.2 Å². The number of pyridine rings is 1. The molecule has 1 aromatic carbocycles. The Morgan fingerprint density at radius 2 is 2.22 bits per heavy atom. The van der Waals surface area contributed by atoms with Crippen LogP contribution in [0.1, 0.15) is 5.56 Å². The highest BCUT2D eigenvalue weighted by atomic mass is 19.1. The largest absolute Gasteiger partial charge is 0.487 e. The Balaban J connectivity index is 2.18. The molecule has 18 heavy (non-hydrogen) atoms. The van der Waals surface area contributed by atoms with Crippen LogP contribution in [0.15, 0.2) is 42.7 Å². The van der Waals surface area contributed by atoms with Gasteiger partial charge in [-0.3, -0.25) is 15.1 Å². The maximum absolute atomic E-state index is 13.0. The number of nitro groups is 1. The molecule has 0 aliphatic rings. The Bertz CT molecular complexity index is 561. The first kappa shape index (κ1) is 12.0. The average molecular weight is 248 g/mol. The van der Waals surface area contributed by atoms with E-state index in [0.717, 1.165) is 18.2 Å². The summed E-state index contributed by atoms with van der Waals surface area (Å²) in [5, 5.41) is 10.8. The maximum atomic E-state index is 13.0. The lowest BCUT2D eigenvalue weighted by Crippen LogP contribution is -2.01. The van der Waals surface area contributed by atoms with Crippen molar-refractivity contribution in [1.29, 1.82) is 0 Å². The van der Waals surface area contributed by atoms with Crippen LogP contribution >= 0.6 is 0 Å². The highest BCUT2D eigenvalue weighted by Crippen LogP contribution is 2.21. The second-order valence-electron chi connectivity index (χ2n) is 3.51. The van der Waals surface area contributed by atoms with Crippen LogP contribution in [-0.2, 0) is 6.61 Å². The summed E-state index contributed by atoms with van der Waals surface area (Å²) < 4.78 is 18.4. The van der Waals surface area contributed by atoms with E-state index in [1.54, 1.807) is 18.3 Å². The minimum Gasteiger partial charge on any atom is -0.487 e. The summed E-state index contributed by atoms with van der Waals surface area (Å²) in [6.45, 7) is -0.0836. The SMILES string of the molecule is O=[N+]([O-])c1ccc(F)cc1COc1cccnc1. The molecule has 0 spiro atoms. The van der Waals surface area contributed by atoms with Crippen LogP contribution in [-0.4, -0.2) is 9.91 Å². The lowest BCUT2D eigenvalue weighted by molar-refractivity contribution is -0.385. The normalized spacial score (nSPS) is 10.1. The predicted molar refractivity (Wildman–Crippen MR) is 61.6 cm³/mol. The summed E-state index contributed by atoms with van der Waals surface area (Å²) in [7, 11) is 0. The summed E-state index contributed by atoms with van der Waals surface area (Å²) in [6.07, 6.45) is 3.06. The van der Waals surface area contributed by atoms with Gasteiger partial charge in [0.15, 0.2) is 0 Å². The number of hydrogen-bond acceptors (Lipinski definition) is 4. The van der Waals surface area contributed by atoms with Crippen molar-refractivity contribution in [3.63, 3.8) is 0 Å². The summed E-state index contributed by atoms with van der Waals surface area (Å²) in [6, 6.07) is 6.60. The molecule has 0 saturated heterocycles. The molecule has 5 nitrogen and oxygen atoms in total. The molecule has 0 unspecified atom stereocenters. The van der Waals surface area contributed by atoms with E-state index in [9.17, 15) is 14.5 Å². The second-order valence-corrected chi connectivity index (χ2v) is 3.51. The molecular weight excluding hydrogens is 239 g/mol. The number of nitrogens with zero attached hydrogens (tertiary/aromatic N) is 2. The molecule has 2 aromatic rings. The molecule has 0 radical (unpaired) electrons. The van der Waals surface area contributed by atoms with Crippen molar-refractivity contribution in [1.82, 2.24) is 4.98 Å². The van der Waals surface area contributed by atoms with Crippen molar-refractivity contribution in [2.24, 2.45) is 0 Å².